The second-order valence-electron chi connectivity index (χ2n) is 6.31. The van der Waals surface area contributed by atoms with Gasteiger partial charge in [0.15, 0.2) is 5.54 Å². The summed E-state index contributed by atoms with van der Waals surface area (Å²) >= 11 is 0. The number of cyclic esters (lactones) is 1. The fraction of sp³-hybridized carbons (Fsp3) is 0.300. The third-order valence-corrected chi connectivity index (χ3v) is 4.94. The van der Waals surface area contributed by atoms with Crippen molar-refractivity contribution < 1.29 is 9.53 Å². The van der Waals surface area contributed by atoms with E-state index in [1.165, 1.54) is 5.56 Å². The quantitative estimate of drug-likeness (QED) is 0.784. The highest BCUT2D eigenvalue weighted by Gasteiger charge is 2.53. The fourth-order valence-electron chi connectivity index (χ4n) is 3.79. The summed E-state index contributed by atoms with van der Waals surface area (Å²) in [4.78, 5) is 17.6. The first-order valence-corrected chi connectivity index (χ1v) is 8.22. The number of carbonyl (C=O) groups excluding carboxylic acids is 1. The Labute approximate surface area is 136 Å². The van der Waals surface area contributed by atoms with Gasteiger partial charge in [0, 0.05) is 11.5 Å². The standard InChI is InChI=1S/C20H19NO2/c22-19-20(21-18(23-19)16-11-5-2-6-12-16)14-8-7-13-17(20)15-9-3-1-4-10-15/h1-6,9-12,17H,7-8,13-14H2/t17-,20-/m1/s1. The van der Waals surface area contributed by atoms with Crippen LogP contribution in [-0.2, 0) is 9.53 Å². The largest absolute Gasteiger partial charge is 0.405 e. The lowest BCUT2D eigenvalue weighted by molar-refractivity contribution is -0.140. The molecule has 2 aromatic carbocycles. The van der Waals surface area contributed by atoms with Gasteiger partial charge in [0.1, 0.15) is 0 Å². The first-order chi connectivity index (χ1) is 11.3. The molecule has 1 aliphatic carbocycles. The average molecular weight is 305 g/mol. The van der Waals surface area contributed by atoms with Crippen molar-refractivity contribution in [2.45, 2.75) is 37.1 Å². The van der Waals surface area contributed by atoms with Crippen LogP contribution in [-0.4, -0.2) is 17.4 Å². The lowest BCUT2D eigenvalue weighted by atomic mass is 9.70. The minimum atomic E-state index is -0.745. The molecule has 2 aromatic rings. The number of esters is 1. The highest BCUT2D eigenvalue weighted by Crippen LogP contribution is 2.47. The number of ether oxygens (including phenoxy) is 1. The van der Waals surface area contributed by atoms with E-state index in [2.05, 4.69) is 12.1 Å². The van der Waals surface area contributed by atoms with Crippen LogP contribution in [0.4, 0.5) is 0 Å². The fourth-order valence-corrected chi connectivity index (χ4v) is 3.79. The Morgan fingerprint density at radius 2 is 1.65 bits per heavy atom. The molecule has 1 aliphatic heterocycles. The van der Waals surface area contributed by atoms with Crippen LogP contribution in [0, 0.1) is 0 Å². The molecule has 0 N–H and O–H groups in total. The van der Waals surface area contributed by atoms with E-state index in [0.717, 1.165) is 31.2 Å². The number of hydrogen-bond acceptors (Lipinski definition) is 3. The first kappa shape index (κ1) is 14.2. The van der Waals surface area contributed by atoms with E-state index in [1.54, 1.807) is 0 Å². The van der Waals surface area contributed by atoms with E-state index in [4.69, 9.17) is 9.73 Å². The molecule has 0 aromatic heterocycles. The second kappa shape index (κ2) is 5.65. The van der Waals surface area contributed by atoms with Crippen LogP contribution in [0.1, 0.15) is 42.7 Å². The summed E-state index contributed by atoms with van der Waals surface area (Å²) in [7, 11) is 0. The van der Waals surface area contributed by atoms with E-state index in [9.17, 15) is 4.79 Å². The SMILES string of the molecule is O=C1OC(c2ccccc2)=N[C@@]12CCCC[C@@H]2c1ccccc1. The van der Waals surface area contributed by atoms with Crippen molar-refractivity contribution >= 4 is 11.9 Å². The van der Waals surface area contributed by atoms with E-state index in [-0.39, 0.29) is 11.9 Å². The van der Waals surface area contributed by atoms with Crippen molar-refractivity contribution in [1.82, 2.24) is 0 Å². The zero-order valence-electron chi connectivity index (χ0n) is 12.9. The molecule has 0 amide bonds. The predicted molar refractivity (Wildman–Crippen MR) is 89.5 cm³/mol. The molecule has 1 saturated carbocycles. The van der Waals surface area contributed by atoms with Gasteiger partial charge in [-0.2, -0.15) is 0 Å². The maximum absolute atomic E-state index is 12.8. The van der Waals surface area contributed by atoms with Crippen molar-refractivity contribution in [2.75, 3.05) is 0 Å². The molecule has 23 heavy (non-hydrogen) atoms. The molecule has 116 valence electrons. The van der Waals surface area contributed by atoms with E-state index in [0.29, 0.717) is 5.90 Å². The molecule has 0 bridgehead atoms. The number of carbonyl (C=O) groups is 1. The van der Waals surface area contributed by atoms with Gasteiger partial charge in [-0.05, 0) is 30.5 Å². The normalized spacial score (nSPS) is 26.9. The Morgan fingerprint density at radius 3 is 2.39 bits per heavy atom. The Kier molecular flexibility index (Phi) is 3.49. The van der Waals surface area contributed by atoms with Crippen molar-refractivity contribution in [1.29, 1.82) is 0 Å². The molecule has 1 heterocycles. The summed E-state index contributed by atoms with van der Waals surface area (Å²) in [5.74, 6) is 0.384. The molecule has 1 fully saturated rings. The molecule has 0 radical (unpaired) electrons. The van der Waals surface area contributed by atoms with Gasteiger partial charge in [0.25, 0.3) is 0 Å². The minimum absolute atomic E-state index is 0.103. The Morgan fingerprint density at radius 1 is 0.957 bits per heavy atom. The van der Waals surface area contributed by atoms with Crippen LogP contribution in [0.5, 0.6) is 0 Å². The predicted octanol–water partition coefficient (Wildman–Crippen LogP) is 4.09. The Balaban J connectivity index is 1.77. The third kappa shape index (κ3) is 2.37. The number of rotatable bonds is 2. The molecule has 0 saturated heterocycles. The summed E-state index contributed by atoms with van der Waals surface area (Å²) in [5, 5.41) is 0. The van der Waals surface area contributed by atoms with E-state index >= 15 is 0 Å². The van der Waals surface area contributed by atoms with Crippen LogP contribution in [0.2, 0.25) is 0 Å². The van der Waals surface area contributed by atoms with Gasteiger partial charge in [0.05, 0.1) is 0 Å². The Hall–Kier alpha value is -2.42. The second-order valence-corrected chi connectivity index (χ2v) is 6.31. The van der Waals surface area contributed by atoms with Gasteiger partial charge in [-0.3, -0.25) is 0 Å². The third-order valence-electron chi connectivity index (χ3n) is 4.94. The molecular weight excluding hydrogens is 286 g/mol. The number of benzene rings is 2. The first-order valence-electron chi connectivity index (χ1n) is 8.22. The monoisotopic (exact) mass is 305 g/mol. The number of hydrogen-bond donors (Lipinski definition) is 0. The molecule has 0 unspecified atom stereocenters. The summed E-state index contributed by atoms with van der Waals surface area (Å²) < 4.78 is 5.60. The van der Waals surface area contributed by atoms with Gasteiger partial charge in [0.2, 0.25) is 5.90 Å². The number of nitrogens with zero attached hydrogens (tertiary/aromatic N) is 1. The molecule has 3 heteroatoms. The highest BCUT2D eigenvalue weighted by atomic mass is 16.6. The zero-order valence-corrected chi connectivity index (χ0v) is 12.9. The van der Waals surface area contributed by atoms with Crippen molar-refractivity contribution in [2.24, 2.45) is 4.99 Å². The number of aliphatic imine (C=N–C) groups is 1. The van der Waals surface area contributed by atoms with Crippen molar-refractivity contribution in [3.05, 3.63) is 71.8 Å². The molecule has 3 nitrogen and oxygen atoms in total. The average Bonchev–Trinajstić information content (AvgIpc) is 2.94. The van der Waals surface area contributed by atoms with Crippen LogP contribution in [0.15, 0.2) is 65.7 Å². The van der Waals surface area contributed by atoms with Crippen LogP contribution >= 0.6 is 0 Å². The van der Waals surface area contributed by atoms with Crippen molar-refractivity contribution in [3.63, 3.8) is 0 Å². The molecule has 1 spiro atoms. The van der Waals surface area contributed by atoms with Gasteiger partial charge in [-0.15, -0.1) is 0 Å². The van der Waals surface area contributed by atoms with Gasteiger partial charge in [-0.1, -0.05) is 61.4 Å². The molecular formula is C20H19NO2. The molecule has 4 rings (SSSR count). The topological polar surface area (TPSA) is 38.7 Å². The highest BCUT2D eigenvalue weighted by molar-refractivity contribution is 6.08. The van der Waals surface area contributed by atoms with Crippen LogP contribution < -0.4 is 0 Å². The van der Waals surface area contributed by atoms with Crippen LogP contribution in [0.3, 0.4) is 0 Å². The molecule has 2 atom stereocenters. The van der Waals surface area contributed by atoms with E-state index < -0.39 is 5.54 Å². The minimum Gasteiger partial charge on any atom is -0.405 e. The zero-order chi connectivity index (χ0) is 15.7. The maximum atomic E-state index is 12.8. The Bertz CT molecular complexity index is 739. The summed E-state index contributed by atoms with van der Waals surface area (Å²) in [6.45, 7) is 0. The summed E-state index contributed by atoms with van der Waals surface area (Å²) in [5.41, 5.74) is 1.31. The van der Waals surface area contributed by atoms with Gasteiger partial charge in [-0.25, -0.2) is 9.79 Å². The summed E-state index contributed by atoms with van der Waals surface area (Å²) in [6, 6.07) is 20.0. The lowest BCUT2D eigenvalue weighted by Crippen LogP contribution is -2.42. The maximum Gasteiger partial charge on any atom is 0.341 e. The van der Waals surface area contributed by atoms with Gasteiger partial charge < -0.3 is 4.74 Å². The summed E-state index contributed by atoms with van der Waals surface area (Å²) in [6.07, 6.45) is 3.89. The van der Waals surface area contributed by atoms with E-state index in [1.807, 2.05) is 48.5 Å². The lowest BCUT2D eigenvalue weighted by Gasteiger charge is -2.35. The molecule has 2 aliphatic rings. The van der Waals surface area contributed by atoms with Crippen molar-refractivity contribution in [3.8, 4) is 0 Å². The van der Waals surface area contributed by atoms with Crippen LogP contribution in [0.25, 0.3) is 0 Å². The smallest absolute Gasteiger partial charge is 0.341 e. The van der Waals surface area contributed by atoms with Gasteiger partial charge >= 0.3 is 5.97 Å².